The van der Waals surface area contributed by atoms with Gasteiger partial charge in [0.1, 0.15) is 11.5 Å². The molecule has 4 unspecified atom stereocenters. The van der Waals surface area contributed by atoms with Crippen LogP contribution in [0.15, 0.2) is 36.1 Å². The first-order valence-corrected chi connectivity index (χ1v) is 6.98. The molecule has 0 aliphatic heterocycles. The molecule has 2 heteroatoms. The van der Waals surface area contributed by atoms with Crippen molar-refractivity contribution in [3.63, 3.8) is 0 Å². The molecule has 1 saturated carbocycles. The summed E-state index contributed by atoms with van der Waals surface area (Å²) in [5.41, 5.74) is 2.52. The first-order chi connectivity index (χ1) is 9.13. The number of Topliss-reactive ketones (excluding diaryl/α,β-unsaturated/α-hetero) is 1. The average Bonchev–Trinajstić information content (AvgIpc) is 2.57. The Bertz CT molecular complexity index is 527. The van der Waals surface area contributed by atoms with Crippen molar-refractivity contribution in [3.8, 4) is 0 Å². The Hall–Kier alpha value is -1.57. The van der Waals surface area contributed by atoms with Crippen molar-refractivity contribution in [2.24, 2.45) is 17.8 Å². The van der Waals surface area contributed by atoms with E-state index in [1.165, 1.54) is 11.1 Å². The van der Waals surface area contributed by atoms with Gasteiger partial charge in [-0.25, -0.2) is 0 Å². The summed E-state index contributed by atoms with van der Waals surface area (Å²) in [7, 11) is 1.68. The van der Waals surface area contributed by atoms with Gasteiger partial charge in [-0.15, -0.1) is 0 Å². The molecule has 2 aliphatic carbocycles. The fourth-order valence-corrected chi connectivity index (χ4v) is 3.73. The second-order valence-corrected chi connectivity index (χ2v) is 5.83. The van der Waals surface area contributed by atoms with Crippen LogP contribution < -0.4 is 0 Å². The maximum absolute atomic E-state index is 12.5. The van der Waals surface area contributed by atoms with Crippen LogP contribution in [0.2, 0.25) is 0 Å². The molecule has 2 aliphatic rings. The molecule has 2 nitrogen and oxygen atoms in total. The fourth-order valence-electron chi connectivity index (χ4n) is 3.73. The molecule has 0 saturated heterocycles. The van der Waals surface area contributed by atoms with Gasteiger partial charge in [0.15, 0.2) is 0 Å². The molecule has 0 spiro atoms. The van der Waals surface area contributed by atoms with Gasteiger partial charge in [-0.05, 0) is 30.9 Å². The highest BCUT2D eigenvalue weighted by molar-refractivity contribution is 5.91. The summed E-state index contributed by atoms with van der Waals surface area (Å²) in [4.78, 5) is 12.5. The lowest BCUT2D eigenvalue weighted by molar-refractivity contribution is -0.124. The number of benzene rings is 1. The van der Waals surface area contributed by atoms with E-state index in [2.05, 4.69) is 44.2 Å². The zero-order valence-electron chi connectivity index (χ0n) is 11.7. The zero-order chi connectivity index (χ0) is 13.6. The summed E-state index contributed by atoms with van der Waals surface area (Å²) >= 11 is 0. The predicted octanol–water partition coefficient (Wildman–Crippen LogP) is 3.46. The van der Waals surface area contributed by atoms with Gasteiger partial charge in [0.2, 0.25) is 0 Å². The number of allylic oxidation sites excluding steroid dienone is 2. The SMILES string of the molecule is COC1=CCC2C(=O)C1C(c1ccc(C)cc1)C2C. The van der Waals surface area contributed by atoms with E-state index in [1.807, 2.05) is 0 Å². The lowest BCUT2D eigenvalue weighted by Crippen LogP contribution is -2.23. The second-order valence-electron chi connectivity index (χ2n) is 5.83. The van der Waals surface area contributed by atoms with Crippen LogP contribution >= 0.6 is 0 Å². The molecule has 0 N–H and O–H groups in total. The monoisotopic (exact) mass is 256 g/mol. The Morgan fingerprint density at radius 2 is 1.89 bits per heavy atom. The van der Waals surface area contributed by atoms with Crippen LogP contribution in [0, 0.1) is 24.7 Å². The van der Waals surface area contributed by atoms with Crippen LogP contribution in [0.5, 0.6) is 0 Å². The van der Waals surface area contributed by atoms with Gasteiger partial charge in [-0.2, -0.15) is 0 Å². The van der Waals surface area contributed by atoms with Gasteiger partial charge in [-0.1, -0.05) is 36.8 Å². The maximum atomic E-state index is 12.5. The third-order valence-electron chi connectivity index (χ3n) is 4.81. The van der Waals surface area contributed by atoms with Crippen molar-refractivity contribution in [1.82, 2.24) is 0 Å². The fraction of sp³-hybridized carbons (Fsp3) is 0.471. The third kappa shape index (κ3) is 1.81. The topological polar surface area (TPSA) is 26.3 Å². The van der Waals surface area contributed by atoms with Gasteiger partial charge in [-0.3, -0.25) is 4.79 Å². The van der Waals surface area contributed by atoms with Gasteiger partial charge in [0.05, 0.1) is 13.0 Å². The van der Waals surface area contributed by atoms with Crippen LogP contribution in [-0.4, -0.2) is 12.9 Å². The third-order valence-corrected chi connectivity index (χ3v) is 4.81. The first kappa shape index (κ1) is 12.5. The number of aryl methyl sites for hydroxylation is 1. The molecule has 0 heterocycles. The lowest BCUT2D eigenvalue weighted by Gasteiger charge is -2.23. The number of ketones is 1. The van der Waals surface area contributed by atoms with Crippen LogP contribution in [0.3, 0.4) is 0 Å². The summed E-state index contributed by atoms with van der Waals surface area (Å²) in [6.07, 6.45) is 2.95. The minimum atomic E-state index is -0.0681. The van der Waals surface area contributed by atoms with Crippen molar-refractivity contribution in [2.75, 3.05) is 7.11 Å². The summed E-state index contributed by atoms with van der Waals surface area (Å²) in [6, 6.07) is 8.59. The average molecular weight is 256 g/mol. The molecule has 3 rings (SSSR count). The minimum Gasteiger partial charge on any atom is -0.501 e. The van der Waals surface area contributed by atoms with Crippen molar-refractivity contribution < 1.29 is 9.53 Å². The van der Waals surface area contributed by atoms with E-state index in [-0.39, 0.29) is 17.8 Å². The Morgan fingerprint density at radius 1 is 1.21 bits per heavy atom. The second kappa shape index (κ2) is 4.52. The number of hydrogen-bond acceptors (Lipinski definition) is 2. The van der Waals surface area contributed by atoms with E-state index in [4.69, 9.17) is 4.74 Å². The summed E-state index contributed by atoms with van der Waals surface area (Å²) in [5, 5.41) is 0. The molecular weight excluding hydrogens is 236 g/mol. The molecular formula is C17H20O2. The number of ether oxygens (including phenoxy) is 1. The smallest absolute Gasteiger partial charge is 0.147 e. The highest BCUT2D eigenvalue weighted by Gasteiger charge is 2.51. The van der Waals surface area contributed by atoms with E-state index < -0.39 is 0 Å². The number of methoxy groups -OCH3 is 1. The highest BCUT2D eigenvalue weighted by Crippen LogP contribution is 2.52. The first-order valence-electron chi connectivity index (χ1n) is 6.98. The molecule has 100 valence electrons. The number of hydrogen-bond donors (Lipinski definition) is 0. The quantitative estimate of drug-likeness (QED) is 0.810. The van der Waals surface area contributed by atoms with Crippen molar-refractivity contribution in [1.29, 1.82) is 0 Å². The Balaban J connectivity index is 2.03. The summed E-state index contributed by atoms with van der Waals surface area (Å²) in [5.74, 6) is 2.01. The molecule has 0 radical (unpaired) electrons. The molecule has 4 atom stereocenters. The lowest BCUT2D eigenvalue weighted by atomic mass is 9.83. The van der Waals surface area contributed by atoms with Gasteiger partial charge in [0.25, 0.3) is 0 Å². The molecule has 1 aromatic carbocycles. The molecule has 19 heavy (non-hydrogen) atoms. The number of carbonyl (C=O) groups is 1. The Kier molecular flexibility index (Phi) is 2.96. The maximum Gasteiger partial charge on any atom is 0.147 e. The highest BCUT2D eigenvalue weighted by atomic mass is 16.5. The summed E-state index contributed by atoms with van der Waals surface area (Å²) < 4.78 is 5.46. The van der Waals surface area contributed by atoms with Gasteiger partial charge < -0.3 is 4.74 Å². The van der Waals surface area contributed by atoms with E-state index >= 15 is 0 Å². The van der Waals surface area contributed by atoms with Crippen LogP contribution in [0.4, 0.5) is 0 Å². The summed E-state index contributed by atoms with van der Waals surface area (Å²) in [6.45, 7) is 4.30. The molecule has 0 aromatic heterocycles. The van der Waals surface area contributed by atoms with E-state index in [9.17, 15) is 4.79 Å². The van der Waals surface area contributed by atoms with E-state index in [0.29, 0.717) is 11.7 Å². The van der Waals surface area contributed by atoms with Gasteiger partial charge >= 0.3 is 0 Å². The standard InChI is InChI=1S/C17H20O2/c1-10-4-6-12(7-5-10)15-11(2)13-8-9-14(19-3)16(15)17(13)18/h4-7,9,11,13,15-16H,8H2,1-3H3. The molecule has 0 amide bonds. The molecule has 2 bridgehead atoms. The number of rotatable bonds is 2. The van der Waals surface area contributed by atoms with Gasteiger partial charge in [0, 0.05) is 11.8 Å². The van der Waals surface area contributed by atoms with E-state index in [1.54, 1.807) is 7.11 Å². The number of fused-ring (bicyclic) bond motifs is 2. The van der Waals surface area contributed by atoms with Crippen molar-refractivity contribution in [3.05, 3.63) is 47.2 Å². The Labute approximate surface area is 114 Å². The van der Waals surface area contributed by atoms with Crippen LogP contribution in [-0.2, 0) is 9.53 Å². The zero-order valence-corrected chi connectivity index (χ0v) is 11.7. The number of carbonyl (C=O) groups excluding carboxylic acids is 1. The van der Waals surface area contributed by atoms with Crippen LogP contribution in [0.1, 0.15) is 30.4 Å². The van der Waals surface area contributed by atoms with E-state index in [0.717, 1.165) is 12.2 Å². The Morgan fingerprint density at radius 3 is 2.53 bits per heavy atom. The van der Waals surface area contributed by atoms with Crippen molar-refractivity contribution >= 4 is 5.78 Å². The predicted molar refractivity (Wildman–Crippen MR) is 74.8 cm³/mol. The van der Waals surface area contributed by atoms with Crippen molar-refractivity contribution in [2.45, 2.75) is 26.2 Å². The minimum absolute atomic E-state index is 0.0681. The van der Waals surface area contributed by atoms with Crippen LogP contribution in [0.25, 0.3) is 0 Å². The largest absolute Gasteiger partial charge is 0.501 e. The normalized spacial score (nSPS) is 33.2. The molecule has 1 aromatic rings. The molecule has 1 fully saturated rings.